The van der Waals surface area contributed by atoms with Gasteiger partial charge in [0.1, 0.15) is 5.82 Å². The lowest BCUT2D eigenvalue weighted by molar-refractivity contribution is -0.392. The molecule has 11 heteroatoms. The van der Waals surface area contributed by atoms with Crippen LogP contribution in [0.2, 0.25) is 0 Å². The Morgan fingerprint density at radius 2 is 1.29 bits per heavy atom. The normalized spacial score (nSPS) is 13.0. The van der Waals surface area contributed by atoms with Gasteiger partial charge in [-0.3, -0.25) is 0 Å². The van der Waals surface area contributed by atoms with E-state index in [1.54, 1.807) is 0 Å². The molecular weight excluding hydrogens is 501 g/mol. The van der Waals surface area contributed by atoms with Crippen molar-refractivity contribution in [2.24, 2.45) is 0 Å². The molecule has 0 saturated heterocycles. The molecule has 0 radical (unpaired) electrons. The highest BCUT2D eigenvalue weighted by Crippen LogP contribution is 2.53. The summed E-state index contributed by atoms with van der Waals surface area (Å²) in [7, 11) is -4.30. The number of halogens is 7. The van der Waals surface area contributed by atoms with E-state index in [1.165, 1.54) is 30.3 Å². The number of alkyl halides is 6. The van der Waals surface area contributed by atoms with Crippen molar-refractivity contribution < 1.29 is 43.9 Å². The zero-order valence-corrected chi connectivity index (χ0v) is 18.5. The molecule has 0 bridgehead atoms. The summed E-state index contributed by atoms with van der Waals surface area (Å²) in [6, 6.07) is 13.2. The predicted octanol–water partition coefficient (Wildman–Crippen LogP) is 6.81. The second-order valence-electron chi connectivity index (χ2n) is 7.41. The van der Waals surface area contributed by atoms with Crippen LogP contribution in [0.3, 0.4) is 0 Å². The first-order valence-electron chi connectivity index (χ1n) is 9.82. The molecule has 0 spiro atoms. The van der Waals surface area contributed by atoms with Gasteiger partial charge in [0.2, 0.25) is 9.84 Å². The molecule has 0 heterocycles. The van der Waals surface area contributed by atoms with Gasteiger partial charge < -0.3 is 4.74 Å². The third kappa shape index (κ3) is 5.10. The number of ether oxygens (including phenoxy) is 1. The number of benzene rings is 3. The molecule has 0 aliphatic rings. The minimum absolute atomic E-state index is 0.0840. The van der Waals surface area contributed by atoms with Crippen LogP contribution in [-0.4, -0.2) is 20.8 Å². The Morgan fingerprint density at radius 1 is 0.771 bits per heavy atom. The summed E-state index contributed by atoms with van der Waals surface area (Å²) in [6.45, 7) is 2.41. The largest absolute Gasteiger partial charge is 0.430 e. The van der Waals surface area contributed by atoms with Crippen LogP contribution >= 0.6 is 0 Å². The summed E-state index contributed by atoms with van der Waals surface area (Å²) in [6.07, 6.45) is -11.8. The molecule has 35 heavy (non-hydrogen) atoms. The van der Waals surface area contributed by atoms with Gasteiger partial charge in [-0.05, 0) is 35.4 Å². The highest BCUT2D eigenvalue weighted by Gasteiger charge is 2.73. The lowest BCUT2D eigenvalue weighted by Crippen LogP contribution is -2.55. The van der Waals surface area contributed by atoms with E-state index in [-0.39, 0.29) is 16.0 Å². The van der Waals surface area contributed by atoms with Crippen LogP contribution in [0.1, 0.15) is 16.7 Å². The zero-order valence-electron chi connectivity index (χ0n) is 17.7. The van der Waals surface area contributed by atoms with Crippen LogP contribution in [0.4, 0.5) is 30.7 Å². The number of sulfone groups is 1. The Labute approximate surface area is 196 Å². The Bertz CT molecular complexity index is 1270. The van der Waals surface area contributed by atoms with Gasteiger partial charge in [0, 0.05) is 5.56 Å². The molecule has 3 aromatic carbocycles. The summed E-state index contributed by atoms with van der Waals surface area (Å²) in [4.78, 5) is -0.940. The summed E-state index contributed by atoms with van der Waals surface area (Å²) < 4.78 is 127. The molecule has 0 aliphatic heterocycles. The van der Waals surface area contributed by atoms with E-state index in [4.69, 9.17) is 0 Å². The molecule has 0 unspecified atom stereocenters. The van der Waals surface area contributed by atoms with E-state index in [2.05, 4.69) is 11.3 Å². The van der Waals surface area contributed by atoms with Gasteiger partial charge in [-0.1, -0.05) is 61.2 Å². The third-order valence-electron chi connectivity index (χ3n) is 5.16. The minimum Gasteiger partial charge on any atom is -0.349 e. The van der Waals surface area contributed by atoms with Gasteiger partial charge >= 0.3 is 12.4 Å². The summed E-state index contributed by atoms with van der Waals surface area (Å²) in [5.74, 6) is -0.704. The molecule has 3 nitrogen and oxygen atoms in total. The zero-order chi connectivity index (χ0) is 26.1. The highest BCUT2D eigenvalue weighted by atomic mass is 32.2. The van der Waals surface area contributed by atoms with Crippen molar-refractivity contribution in [3.8, 4) is 0 Å². The quantitative estimate of drug-likeness (QED) is 0.255. The summed E-state index contributed by atoms with van der Waals surface area (Å²) >= 11 is 0. The number of hydrogen-bond donors (Lipinski definition) is 0. The first kappa shape index (κ1) is 26.4. The average molecular weight is 518 g/mol. The molecule has 0 atom stereocenters. The monoisotopic (exact) mass is 518 g/mol. The fraction of sp³-hybridized carbons (Fsp3) is 0.167. The van der Waals surface area contributed by atoms with Crippen molar-refractivity contribution in [2.75, 3.05) is 0 Å². The predicted molar refractivity (Wildman–Crippen MR) is 114 cm³/mol. The van der Waals surface area contributed by atoms with Gasteiger partial charge in [-0.15, -0.1) is 0 Å². The summed E-state index contributed by atoms with van der Waals surface area (Å²) in [5, 5.41) is 0. The van der Waals surface area contributed by atoms with Gasteiger partial charge in [0.05, 0.1) is 16.4 Å². The third-order valence-corrected chi connectivity index (χ3v) is 6.94. The van der Waals surface area contributed by atoms with Crippen LogP contribution in [0.5, 0.6) is 0 Å². The number of hydrogen-bond acceptors (Lipinski definition) is 3. The van der Waals surface area contributed by atoms with Gasteiger partial charge in [0.15, 0.2) is 0 Å². The van der Waals surface area contributed by atoms with Crippen molar-refractivity contribution in [1.82, 2.24) is 0 Å². The Kier molecular flexibility index (Phi) is 7.14. The van der Waals surface area contributed by atoms with E-state index in [9.17, 15) is 39.2 Å². The van der Waals surface area contributed by atoms with Gasteiger partial charge in [-0.25, -0.2) is 12.8 Å². The molecule has 0 fully saturated rings. The second-order valence-corrected chi connectivity index (χ2v) is 9.38. The maximum Gasteiger partial charge on any atom is 0.430 e. The standard InChI is InChI=1S/C24H17F7O3S/c1-16(35(32,33)21-13-11-20(25)12-14-21)18-7-9-19(10-8-18)22(23(26,27)28,24(29,30)31)34-15-17-5-3-2-4-6-17/h2-14H,1,15H2. The molecule has 186 valence electrons. The Balaban J connectivity index is 2.02. The van der Waals surface area contributed by atoms with Crippen LogP contribution < -0.4 is 0 Å². The van der Waals surface area contributed by atoms with Gasteiger partial charge in [-0.2, -0.15) is 26.3 Å². The molecule has 3 aromatic rings. The lowest BCUT2D eigenvalue weighted by atomic mass is 9.91. The Morgan fingerprint density at radius 3 is 1.77 bits per heavy atom. The highest BCUT2D eigenvalue weighted by molar-refractivity contribution is 8.00. The molecule has 0 N–H and O–H groups in total. The Hall–Kier alpha value is -3.18. The van der Waals surface area contributed by atoms with E-state index < -0.39 is 50.7 Å². The maximum absolute atomic E-state index is 14.0. The summed E-state index contributed by atoms with van der Waals surface area (Å²) in [5.41, 5.74) is -6.13. The first-order chi connectivity index (χ1) is 16.2. The fourth-order valence-electron chi connectivity index (χ4n) is 3.30. The van der Waals surface area contributed by atoms with Crippen LogP contribution in [0, 0.1) is 5.82 Å². The molecular formula is C24H17F7O3S. The van der Waals surface area contributed by atoms with Crippen molar-refractivity contribution >= 4 is 14.7 Å². The lowest BCUT2D eigenvalue weighted by Gasteiger charge is -2.37. The molecule has 0 aromatic heterocycles. The molecule has 0 saturated carbocycles. The van der Waals surface area contributed by atoms with Gasteiger partial charge in [0.25, 0.3) is 5.60 Å². The maximum atomic E-state index is 14.0. The smallest absolute Gasteiger partial charge is 0.349 e. The van der Waals surface area contributed by atoms with Crippen molar-refractivity contribution in [1.29, 1.82) is 0 Å². The molecule has 0 aliphatic carbocycles. The SMILES string of the molecule is C=C(c1ccc(C(OCc2ccccc2)(C(F)(F)F)C(F)(F)F)cc1)S(=O)(=O)c1ccc(F)cc1. The van der Waals surface area contributed by atoms with Crippen molar-refractivity contribution in [2.45, 2.75) is 29.5 Å². The van der Waals surface area contributed by atoms with E-state index >= 15 is 0 Å². The average Bonchev–Trinajstić information content (AvgIpc) is 2.78. The van der Waals surface area contributed by atoms with Crippen LogP contribution in [-0.2, 0) is 26.8 Å². The van der Waals surface area contributed by atoms with E-state index in [0.29, 0.717) is 12.1 Å². The number of rotatable bonds is 7. The van der Waals surface area contributed by atoms with Crippen molar-refractivity contribution in [3.63, 3.8) is 0 Å². The second kappa shape index (κ2) is 9.46. The van der Waals surface area contributed by atoms with E-state index in [0.717, 1.165) is 36.4 Å². The molecule has 3 rings (SSSR count). The minimum atomic E-state index is -5.90. The van der Waals surface area contributed by atoms with Crippen LogP contribution in [0.25, 0.3) is 4.91 Å². The molecule has 0 amide bonds. The van der Waals surface area contributed by atoms with E-state index in [1.807, 2.05) is 0 Å². The van der Waals surface area contributed by atoms with Crippen LogP contribution in [0.15, 0.2) is 90.3 Å². The topological polar surface area (TPSA) is 43.4 Å². The first-order valence-corrected chi connectivity index (χ1v) is 11.3. The van der Waals surface area contributed by atoms with Crippen molar-refractivity contribution in [3.05, 3.63) is 108 Å². The fourth-order valence-corrected chi connectivity index (χ4v) is 4.53.